The van der Waals surface area contributed by atoms with Gasteiger partial charge in [-0.05, 0) is 68.8 Å². The van der Waals surface area contributed by atoms with Gasteiger partial charge in [0, 0.05) is 24.3 Å². The molecule has 162 valence electrons. The number of hydrogen-bond donors (Lipinski definition) is 2. The monoisotopic (exact) mass is 425 g/mol. The van der Waals surface area contributed by atoms with Gasteiger partial charge in [0.1, 0.15) is 29.0 Å². The zero-order chi connectivity index (χ0) is 22.3. The van der Waals surface area contributed by atoms with Crippen LogP contribution in [0.1, 0.15) is 25.2 Å². The Morgan fingerprint density at radius 1 is 1.13 bits per heavy atom. The Hall–Kier alpha value is -3.26. The summed E-state index contributed by atoms with van der Waals surface area (Å²) in [7, 11) is 0. The highest BCUT2D eigenvalue weighted by Gasteiger charge is 2.32. The number of fused-ring (bicyclic) bond motifs is 1. The molecule has 1 aromatic heterocycles. The molecule has 0 spiro atoms. The van der Waals surface area contributed by atoms with E-state index in [9.17, 15) is 13.6 Å². The molecule has 4 rings (SSSR count). The van der Waals surface area contributed by atoms with E-state index in [4.69, 9.17) is 10.7 Å². The first kappa shape index (κ1) is 21.0. The number of aromatic nitrogens is 2. The molecular weight excluding hydrogens is 400 g/mol. The number of aryl methyl sites for hydroxylation is 1. The van der Waals surface area contributed by atoms with Crippen molar-refractivity contribution in [3.63, 3.8) is 0 Å². The minimum absolute atomic E-state index is 0.145. The number of carbonyl (C=O) groups is 1. The fraction of sp³-hybridized carbons (Fsp3) is 0.304. The van der Waals surface area contributed by atoms with Gasteiger partial charge in [-0.15, -0.1) is 0 Å². The first-order valence-corrected chi connectivity index (χ1v) is 10.1. The summed E-state index contributed by atoms with van der Waals surface area (Å²) < 4.78 is 29.2. The summed E-state index contributed by atoms with van der Waals surface area (Å²) in [6.45, 7) is 6.40. The largest absolute Gasteiger partial charge is 0.340 e. The van der Waals surface area contributed by atoms with E-state index in [0.717, 1.165) is 5.56 Å². The molecule has 0 atom stereocenters. The molecule has 0 saturated carbocycles. The molecule has 0 aliphatic carbocycles. The molecule has 2 heterocycles. The Labute approximate surface area is 179 Å². The number of rotatable bonds is 4. The normalized spacial score (nSPS) is 13.8. The zero-order valence-electron chi connectivity index (χ0n) is 17.7. The molecule has 3 N–H and O–H groups in total. The average Bonchev–Trinajstić information content (AvgIpc) is 3.07. The summed E-state index contributed by atoms with van der Waals surface area (Å²) in [6.07, 6.45) is 0. The lowest BCUT2D eigenvalue weighted by Crippen LogP contribution is -2.52. The van der Waals surface area contributed by atoms with Crippen LogP contribution in [-0.4, -0.2) is 32.4 Å². The summed E-state index contributed by atoms with van der Waals surface area (Å²) in [5.41, 5.74) is 7.64. The van der Waals surface area contributed by atoms with Gasteiger partial charge < -0.3 is 20.5 Å². The lowest BCUT2D eigenvalue weighted by Gasteiger charge is -2.33. The Morgan fingerprint density at radius 3 is 2.48 bits per heavy atom. The van der Waals surface area contributed by atoms with Crippen molar-refractivity contribution in [3.8, 4) is 11.3 Å². The topological polar surface area (TPSA) is 76.2 Å². The van der Waals surface area contributed by atoms with Crippen molar-refractivity contribution in [2.45, 2.75) is 39.4 Å². The molecule has 3 aromatic rings. The highest BCUT2D eigenvalue weighted by Crippen LogP contribution is 2.34. The van der Waals surface area contributed by atoms with Crippen LogP contribution < -0.4 is 11.1 Å². The molecular formula is C23H25F2N5O. The molecule has 0 fully saturated rings. The maximum absolute atomic E-state index is 13.7. The number of nitrogens with one attached hydrogen (secondary N) is 1. The number of carbonyl (C=O) groups excluding carboxylic acids is 1. The van der Waals surface area contributed by atoms with Crippen molar-refractivity contribution in [3.05, 3.63) is 65.5 Å². The van der Waals surface area contributed by atoms with Gasteiger partial charge in [-0.25, -0.2) is 13.8 Å². The molecule has 0 bridgehead atoms. The fourth-order valence-electron chi connectivity index (χ4n) is 3.71. The molecule has 1 aliphatic rings. The quantitative estimate of drug-likeness (QED) is 0.664. The van der Waals surface area contributed by atoms with Gasteiger partial charge in [0.05, 0.1) is 12.1 Å². The Morgan fingerprint density at radius 2 is 1.84 bits per heavy atom. The molecule has 0 saturated heterocycles. The third-order valence-electron chi connectivity index (χ3n) is 5.35. The van der Waals surface area contributed by atoms with Crippen molar-refractivity contribution >= 4 is 17.4 Å². The number of amides is 1. The molecule has 1 aliphatic heterocycles. The second-order valence-corrected chi connectivity index (χ2v) is 8.42. The van der Waals surface area contributed by atoms with E-state index < -0.39 is 5.54 Å². The van der Waals surface area contributed by atoms with Crippen LogP contribution in [0.3, 0.4) is 0 Å². The van der Waals surface area contributed by atoms with Gasteiger partial charge in [0.25, 0.3) is 0 Å². The third kappa shape index (κ3) is 4.16. The third-order valence-corrected chi connectivity index (χ3v) is 5.35. The summed E-state index contributed by atoms with van der Waals surface area (Å²) in [5.74, 6) is 0.654. The van der Waals surface area contributed by atoms with Crippen molar-refractivity contribution in [1.29, 1.82) is 0 Å². The van der Waals surface area contributed by atoms with Gasteiger partial charge in [-0.2, -0.15) is 0 Å². The van der Waals surface area contributed by atoms with Crippen LogP contribution in [0.15, 0.2) is 42.5 Å². The number of halogens is 2. The highest BCUT2D eigenvalue weighted by atomic mass is 19.1. The van der Waals surface area contributed by atoms with Gasteiger partial charge in [0.2, 0.25) is 5.91 Å². The summed E-state index contributed by atoms with van der Waals surface area (Å²) in [6, 6.07) is 10.9. The number of hydrogen-bond acceptors (Lipinski definition) is 4. The molecule has 6 nitrogen and oxygen atoms in total. The lowest BCUT2D eigenvalue weighted by molar-refractivity contribution is -0.137. The Bertz CT molecular complexity index is 1130. The number of anilines is 2. The Kier molecular flexibility index (Phi) is 5.26. The summed E-state index contributed by atoms with van der Waals surface area (Å²) >= 11 is 0. The van der Waals surface area contributed by atoms with Gasteiger partial charge in [-0.1, -0.05) is 0 Å². The average molecular weight is 425 g/mol. The van der Waals surface area contributed by atoms with Crippen LogP contribution in [-0.2, 0) is 17.9 Å². The highest BCUT2D eigenvalue weighted by molar-refractivity contribution is 5.85. The van der Waals surface area contributed by atoms with E-state index in [2.05, 4.69) is 5.32 Å². The SMILES string of the molecule is Cc1cc(Nc2c(-c3ccc(F)cc3)nc3n2CCN(C(=O)C(C)(C)N)C3)ccc1F. The summed E-state index contributed by atoms with van der Waals surface area (Å²) in [5, 5.41) is 3.35. The van der Waals surface area contributed by atoms with Gasteiger partial charge in [-0.3, -0.25) is 4.79 Å². The van der Waals surface area contributed by atoms with Crippen LogP contribution in [0.5, 0.6) is 0 Å². The summed E-state index contributed by atoms with van der Waals surface area (Å²) in [4.78, 5) is 19.1. The van der Waals surface area contributed by atoms with Gasteiger partial charge in [0.15, 0.2) is 0 Å². The zero-order valence-corrected chi connectivity index (χ0v) is 17.7. The van der Waals surface area contributed by atoms with Gasteiger partial charge >= 0.3 is 0 Å². The molecule has 0 unspecified atom stereocenters. The minimum atomic E-state index is -0.971. The number of nitrogens with zero attached hydrogens (tertiary/aromatic N) is 3. The van der Waals surface area contributed by atoms with Crippen molar-refractivity contribution in [2.24, 2.45) is 5.73 Å². The number of nitrogens with two attached hydrogens (primary N) is 1. The number of imidazole rings is 1. The molecule has 8 heteroatoms. The van der Waals surface area contributed by atoms with Crippen LogP contribution in [0.2, 0.25) is 0 Å². The maximum Gasteiger partial charge on any atom is 0.242 e. The van der Waals surface area contributed by atoms with Crippen LogP contribution >= 0.6 is 0 Å². The van der Waals surface area contributed by atoms with Crippen molar-refractivity contribution in [2.75, 3.05) is 11.9 Å². The van der Waals surface area contributed by atoms with E-state index in [1.165, 1.54) is 18.2 Å². The number of benzene rings is 2. The second kappa shape index (κ2) is 7.77. The van der Waals surface area contributed by atoms with Crippen LogP contribution in [0.25, 0.3) is 11.3 Å². The molecule has 0 radical (unpaired) electrons. The van der Waals surface area contributed by atoms with Crippen molar-refractivity contribution in [1.82, 2.24) is 14.5 Å². The maximum atomic E-state index is 13.7. The van der Waals surface area contributed by atoms with E-state index >= 15 is 0 Å². The fourth-order valence-corrected chi connectivity index (χ4v) is 3.71. The standard InChI is InChI=1S/C23H25F2N5O/c1-14-12-17(8-9-18(14)25)27-21-20(15-4-6-16(24)7-5-15)28-19-13-29(10-11-30(19)21)22(31)23(2,3)26/h4-9,12,27H,10-11,13,26H2,1-3H3. The predicted octanol–water partition coefficient (Wildman–Crippen LogP) is 3.96. The Balaban J connectivity index is 1.76. The molecule has 2 aromatic carbocycles. The predicted molar refractivity (Wildman–Crippen MR) is 116 cm³/mol. The molecule has 1 amide bonds. The second-order valence-electron chi connectivity index (χ2n) is 8.42. The first-order chi connectivity index (χ1) is 14.6. The minimum Gasteiger partial charge on any atom is -0.340 e. The van der Waals surface area contributed by atoms with Crippen LogP contribution in [0.4, 0.5) is 20.3 Å². The lowest BCUT2D eigenvalue weighted by atomic mass is 10.1. The first-order valence-electron chi connectivity index (χ1n) is 10.1. The van der Waals surface area contributed by atoms with E-state index in [1.54, 1.807) is 49.9 Å². The molecule has 31 heavy (non-hydrogen) atoms. The van der Waals surface area contributed by atoms with E-state index in [-0.39, 0.29) is 17.5 Å². The van der Waals surface area contributed by atoms with E-state index in [0.29, 0.717) is 48.2 Å². The van der Waals surface area contributed by atoms with E-state index in [1.807, 2.05) is 4.57 Å². The van der Waals surface area contributed by atoms with Crippen molar-refractivity contribution < 1.29 is 13.6 Å². The smallest absolute Gasteiger partial charge is 0.242 e. The van der Waals surface area contributed by atoms with Crippen LogP contribution in [0, 0.1) is 18.6 Å².